The predicted molar refractivity (Wildman–Crippen MR) is 110 cm³/mol. The van der Waals surface area contributed by atoms with Crippen molar-refractivity contribution in [1.29, 1.82) is 0 Å². The molecule has 0 spiro atoms. The molecular formula is C23H17F4N3O. The van der Waals surface area contributed by atoms with Crippen LogP contribution < -0.4 is 10.1 Å². The standard InChI is InChI=1S/C23H17F4N3O/c1-31-21-7-6-14(12-28-21)8-15-13-29-22(20-5-3-2-4-19(15)20)30-18-10-16(23(25,26)27)9-17(24)11-18/h2-7,9-13H,8H2,1H3,(H,29,30). The first kappa shape index (κ1) is 20.6. The Kier molecular flexibility index (Phi) is 5.46. The Morgan fingerprint density at radius 3 is 2.39 bits per heavy atom. The Bertz CT molecular complexity index is 1220. The number of halogens is 4. The topological polar surface area (TPSA) is 47.0 Å². The Morgan fingerprint density at radius 1 is 0.935 bits per heavy atom. The van der Waals surface area contributed by atoms with Crippen LogP contribution >= 0.6 is 0 Å². The lowest BCUT2D eigenvalue weighted by Gasteiger charge is -2.14. The molecule has 158 valence electrons. The molecule has 2 aromatic heterocycles. The smallest absolute Gasteiger partial charge is 0.416 e. The molecule has 0 bridgehead atoms. The van der Waals surface area contributed by atoms with E-state index in [1.807, 2.05) is 24.3 Å². The second-order valence-corrected chi connectivity index (χ2v) is 6.91. The molecule has 4 nitrogen and oxygen atoms in total. The molecule has 8 heteroatoms. The summed E-state index contributed by atoms with van der Waals surface area (Å²) in [6, 6.07) is 13.4. The second kappa shape index (κ2) is 8.22. The molecule has 0 atom stereocenters. The van der Waals surface area contributed by atoms with Crippen LogP contribution in [0.5, 0.6) is 5.88 Å². The molecular weight excluding hydrogens is 410 g/mol. The fraction of sp³-hybridized carbons (Fsp3) is 0.130. The lowest BCUT2D eigenvalue weighted by molar-refractivity contribution is -0.137. The highest BCUT2D eigenvalue weighted by Crippen LogP contribution is 2.34. The van der Waals surface area contributed by atoms with Crippen LogP contribution in [0, 0.1) is 5.82 Å². The number of alkyl halides is 3. The molecule has 4 aromatic rings. The van der Waals surface area contributed by atoms with E-state index in [0.717, 1.165) is 28.6 Å². The summed E-state index contributed by atoms with van der Waals surface area (Å²) >= 11 is 0. The van der Waals surface area contributed by atoms with Gasteiger partial charge in [0.15, 0.2) is 0 Å². The first-order chi connectivity index (χ1) is 14.8. The summed E-state index contributed by atoms with van der Waals surface area (Å²) in [4.78, 5) is 8.59. The van der Waals surface area contributed by atoms with E-state index >= 15 is 0 Å². The van der Waals surface area contributed by atoms with Crippen molar-refractivity contribution < 1.29 is 22.3 Å². The Balaban J connectivity index is 1.69. The van der Waals surface area contributed by atoms with Gasteiger partial charge in [0.2, 0.25) is 5.88 Å². The van der Waals surface area contributed by atoms with Crippen LogP contribution in [-0.2, 0) is 12.6 Å². The Labute approximate surface area is 175 Å². The molecule has 2 aromatic carbocycles. The third-order valence-corrected chi connectivity index (χ3v) is 4.77. The quantitative estimate of drug-likeness (QED) is 0.389. The van der Waals surface area contributed by atoms with Gasteiger partial charge in [-0.3, -0.25) is 0 Å². The number of pyridine rings is 2. The van der Waals surface area contributed by atoms with Crippen LogP contribution in [0.4, 0.5) is 29.1 Å². The summed E-state index contributed by atoms with van der Waals surface area (Å²) in [7, 11) is 1.54. The summed E-state index contributed by atoms with van der Waals surface area (Å²) in [6.45, 7) is 0. The van der Waals surface area contributed by atoms with Crippen LogP contribution in [0.15, 0.2) is 67.0 Å². The molecule has 0 aliphatic heterocycles. The van der Waals surface area contributed by atoms with E-state index < -0.39 is 17.6 Å². The van der Waals surface area contributed by atoms with Crippen molar-refractivity contribution in [2.75, 3.05) is 12.4 Å². The molecule has 0 aliphatic carbocycles. The van der Waals surface area contributed by atoms with E-state index in [2.05, 4.69) is 15.3 Å². The van der Waals surface area contributed by atoms with Crippen LogP contribution in [0.25, 0.3) is 10.8 Å². The van der Waals surface area contributed by atoms with Crippen molar-refractivity contribution in [3.05, 3.63) is 89.5 Å². The SMILES string of the molecule is COc1ccc(Cc2cnc(Nc3cc(F)cc(C(F)(F)F)c3)c3ccccc23)cn1. The highest BCUT2D eigenvalue weighted by atomic mass is 19.4. The lowest BCUT2D eigenvalue weighted by atomic mass is 10.0. The van der Waals surface area contributed by atoms with E-state index in [1.54, 1.807) is 31.6 Å². The third kappa shape index (κ3) is 4.58. The molecule has 0 radical (unpaired) electrons. The normalized spacial score (nSPS) is 11.5. The summed E-state index contributed by atoms with van der Waals surface area (Å²) in [5.41, 5.74) is 0.775. The van der Waals surface area contributed by atoms with E-state index in [9.17, 15) is 17.6 Å². The fourth-order valence-corrected chi connectivity index (χ4v) is 3.31. The number of aromatic nitrogens is 2. The molecule has 0 unspecified atom stereocenters. The van der Waals surface area contributed by atoms with Gasteiger partial charge in [0.25, 0.3) is 0 Å². The summed E-state index contributed by atoms with van der Waals surface area (Å²) in [6.07, 6.45) is -0.725. The van der Waals surface area contributed by atoms with Gasteiger partial charge in [0, 0.05) is 36.0 Å². The van der Waals surface area contributed by atoms with Gasteiger partial charge in [-0.15, -0.1) is 0 Å². The first-order valence-corrected chi connectivity index (χ1v) is 9.34. The number of ether oxygens (including phenoxy) is 1. The maximum Gasteiger partial charge on any atom is 0.416 e. The van der Waals surface area contributed by atoms with Crippen LogP contribution in [0.3, 0.4) is 0 Å². The first-order valence-electron chi connectivity index (χ1n) is 9.34. The van der Waals surface area contributed by atoms with Gasteiger partial charge in [0.05, 0.1) is 12.7 Å². The number of methoxy groups -OCH3 is 1. The molecule has 4 rings (SSSR count). The molecule has 0 fully saturated rings. The number of nitrogens with one attached hydrogen (secondary N) is 1. The number of hydrogen-bond acceptors (Lipinski definition) is 4. The average molecular weight is 427 g/mol. The molecule has 0 aliphatic rings. The Morgan fingerprint density at radius 2 is 1.71 bits per heavy atom. The maximum atomic E-state index is 13.8. The van der Waals surface area contributed by atoms with Gasteiger partial charge in [-0.25, -0.2) is 14.4 Å². The van der Waals surface area contributed by atoms with E-state index in [1.165, 1.54) is 0 Å². The Hall–Kier alpha value is -3.68. The maximum absolute atomic E-state index is 13.8. The summed E-state index contributed by atoms with van der Waals surface area (Å²) in [5, 5.41) is 4.41. The lowest BCUT2D eigenvalue weighted by Crippen LogP contribution is -2.07. The van der Waals surface area contributed by atoms with E-state index in [-0.39, 0.29) is 5.69 Å². The number of benzene rings is 2. The van der Waals surface area contributed by atoms with Crippen LogP contribution in [0.1, 0.15) is 16.7 Å². The van der Waals surface area contributed by atoms with Gasteiger partial charge in [-0.1, -0.05) is 30.3 Å². The summed E-state index contributed by atoms with van der Waals surface area (Å²) in [5.74, 6) is -0.129. The molecule has 2 heterocycles. The van der Waals surface area contributed by atoms with E-state index in [4.69, 9.17) is 4.74 Å². The van der Waals surface area contributed by atoms with Crippen molar-refractivity contribution in [2.45, 2.75) is 12.6 Å². The molecule has 0 saturated heterocycles. The average Bonchev–Trinajstić information content (AvgIpc) is 2.75. The number of hydrogen-bond donors (Lipinski definition) is 1. The van der Waals surface area contributed by atoms with Crippen molar-refractivity contribution in [3.63, 3.8) is 0 Å². The monoisotopic (exact) mass is 427 g/mol. The van der Waals surface area contributed by atoms with Gasteiger partial charge < -0.3 is 10.1 Å². The highest BCUT2D eigenvalue weighted by Gasteiger charge is 2.31. The number of fused-ring (bicyclic) bond motifs is 1. The van der Waals surface area contributed by atoms with Gasteiger partial charge in [-0.2, -0.15) is 13.2 Å². The minimum absolute atomic E-state index is 0.0305. The zero-order valence-corrected chi connectivity index (χ0v) is 16.4. The molecule has 0 amide bonds. The zero-order chi connectivity index (χ0) is 22.0. The largest absolute Gasteiger partial charge is 0.481 e. The van der Waals surface area contributed by atoms with Crippen LogP contribution in [-0.4, -0.2) is 17.1 Å². The van der Waals surface area contributed by atoms with Crippen molar-refractivity contribution in [3.8, 4) is 5.88 Å². The third-order valence-electron chi connectivity index (χ3n) is 4.77. The second-order valence-electron chi connectivity index (χ2n) is 6.91. The number of nitrogens with zero attached hydrogens (tertiary/aromatic N) is 2. The van der Waals surface area contributed by atoms with E-state index in [0.29, 0.717) is 29.6 Å². The zero-order valence-electron chi connectivity index (χ0n) is 16.4. The fourth-order valence-electron chi connectivity index (χ4n) is 3.31. The van der Waals surface area contributed by atoms with Crippen molar-refractivity contribution in [2.24, 2.45) is 0 Å². The van der Waals surface area contributed by atoms with Gasteiger partial charge in [-0.05, 0) is 34.7 Å². The summed E-state index contributed by atoms with van der Waals surface area (Å²) < 4.78 is 57.9. The highest BCUT2D eigenvalue weighted by molar-refractivity contribution is 5.95. The van der Waals surface area contributed by atoms with Gasteiger partial charge in [0.1, 0.15) is 11.6 Å². The minimum atomic E-state index is -4.65. The number of anilines is 2. The van der Waals surface area contributed by atoms with Crippen molar-refractivity contribution >= 4 is 22.3 Å². The molecule has 1 N–H and O–H groups in total. The minimum Gasteiger partial charge on any atom is -0.481 e. The molecule has 0 saturated carbocycles. The van der Waals surface area contributed by atoms with Gasteiger partial charge >= 0.3 is 6.18 Å². The van der Waals surface area contributed by atoms with Crippen molar-refractivity contribution in [1.82, 2.24) is 9.97 Å². The van der Waals surface area contributed by atoms with Crippen LogP contribution in [0.2, 0.25) is 0 Å². The number of rotatable bonds is 5. The predicted octanol–water partition coefficient (Wildman–Crippen LogP) is 6.13. The molecule has 31 heavy (non-hydrogen) atoms.